The van der Waals surface area contributed by atoms with Crippen LogP contribution in [0.25, 0.3) is 0 Å². The van der Waals surface area contributed by atoms with E-state index in [1.807, 2.05) is 30.3 Å². The number of carbonyl (C=O) groups is 2. The van der Waals surface area contributed by atoms with E-state index >= 15 is 0 Å². The van der Waals surface area contributed by atoms with Crippen molar-refractivity contribution < 1.29 is 14.0 Å². The minimum absolute atomic E-state index is 0.0689. The Balaban J connectivity index is 1.81. The molecule has 1 unspecified atom stereocenters. The number of carbonyl (C=O) groups excluding carboxylic acids is 2. The highest BCUT2D eigenvalue weighted by molar-refractivity contribution is 6.30. The Bertz CT molecular complexity index is 944. The summed E-state index contributed by atoms with van der Waals surface area (Å²) in [6.45, 7) is 0. The molecular weight excluding hydrogens is 403 g/mol. The molecule has 2 N–H and O–H groups in total. The lowest BCUT2D eigenvalue weighted by atomic mass is 9.86. The van der Waals surface area contributed by atoms with Crippen molar-refractivity contribution in [3.05, 3.63) is 70.0 Å². The first-order chi connectivity index (χ1) is 14.5. The highest BCUT2D eigenvalue weighted by Gasteiger charge is 2.42. The number of nitrogens with zero attached hydrogens (tertiary/aromatic N) is 1. The summed E-state index contributed by atoms with van der Waals surface area (Å²) >= 11 is 6.15. The Morgan fingerprint density at radius 1 is 1.07 bits per heavy atom. The van der Waals surface area contributed by atoms with Crippen molar-refractivity contribution in [2.75, 3.05) is 0 Å². The quantitative estimate of drug-likeness (QED) is 0.719. The summed E-state index contributed by atoms with van der Waals surface area (Å²) < 4.78 is 14.5. The van der Waals surface area contributed by atoms with Gasteiger partial charge in [-0.25, -0.2) is 4.39 Å². The van der Waals surface area contributed by atoms with Crippen LogP contribution in [0.5, 0.6) is 0 Å². The van der Waals surface area contributed by atoms with Crippen LogP contribution in [0.3, 0.4) is 0 Å². The van der Waals surface area contributed by atoms with Crippen molar-refractivity contribution in [2.24, 2.45) is 11.7 Å². The molecule has 0 bridgehead atoms. The van der Waals surface area contributed by atoms with Gasteiger partial charge in [0.05, 0.1) is 6.04 Å². The van der Waals surface area contributed by atoms with Crippen LogP contribution in [-0.2, 0) is 16.0 Å². The van der Waals surface area contributed by atoms with Gasteiger partial charge in [0.25, 0.3) is 0 Å². The molecule has 30 heavy (non-hydrogen) atoms. The lowest BCUT2D eigenvalue weighted by Crippen LogP contribution is -2.46. The van der Waals surface area contributed by atoms with Gasteiger partial charge in [-0.05, 0) is 54.5 Å². The number of hydrogen-bond donors (Lipinski definition) is 1. The Hall–Kier alpha value is -2.40. The Kier molecular flexibility index (Phi) is 6.09. The number of amides is 2. The topological polar surface area (TPSA) is 63.4 Å². The van der Waals surface area contributed by atoms with Crippen LogP contribution in [0, 0.1) is 11.7 Å². The maximum atomic E-state index is 14.5. The lowest BCUT2D eigenvalue weighted by molar-refractivity contribution is -0.147. The number of rotatable bonds is 5. The van der Waals surface area contributed by atoms with Crippen LogP contribution < -0.4 is 5.73 Å². The predicted octanol–water partition coefficient (Wildman–Crippen LogP) is 5.10. The Labute approximate surface area is 181 Å². The zero-order valence-corrected chi connectivity index (χ0v) is 17.6. The third-order valence-corrected chi connectivity index (χ3v) is 6.65. The molecule has 0 heterocycles. The van der Waals surface area contributed by atoms with Gasteiger partial charge in [-0.2, -0.15) is 0 Å². The molecule has 0 spiro atoms. The van der Waals surface area contributed by atoms with E-state index in [1.165, 1.54) is 6.07 Å². The number of primary amides is 1. The number of hydrogen-bond acceptors (Lipinski definition) is 2. The van der Waals surface area contributed by atoms with Crippen LogP contribution in [0.15, 0.2) is 42.5 Å². The first-order valence-electron chi connectivity index (χ1n) is 10.6. The van der Waals surface area contributed by atoms with E-state index in [0.29, 0.717) is 34.6 Å². The SMILES string of the molecule is NC(=O)C(c1ccccc1)N(C(=O)C1CCCCC1)[C@@H]1CCc2c(F)cc(Cl)cc21. The second-order valence-corrected chi connectivity index (χ2v) is 8.74. The molecule has 0 saturated heterocycles. The smallest absolute Gasteiger partial charge is 0.244 e. The molecule has 4 nitrogen and oxygen atoms in total. The van der Waals surface area contributed by atoms with Crippen molar-refractivity contribution in [3.63, 3.8) is 0 Å². The van der Waals surface area contributed by atoms with Crippen molar-refractivity contribution in [3.8, 4) is 0 Å². The van der Waals surface area contributed by atoms with Gasteiger partial charge in [0.2, 0.25) is 11.8 Å². The van der Waals surface area contributed by atoms with Gasteiger partial charge in [0, 0.05) is 10.9 Å². The van der Waals surface area contributed by atoms with Gasteiger partial charge >= 0.3 is 0 Å². The fourth-order valence-electron chi connectivity index (χ4n) is 5.03. The van der Waals surface area contributed by atoms with Crippen LogP contribution in [0.4, 0.5) is 4.39 Å². The molecule has 2 atom stereocenters. The second kappa shape index (κ2) is 8.76. The van der Waals surface area contributed by atoms with Crippen LogP contribution >= 0.6 is 11.6 Å². The highest BCUT2D eigenvalue weighted by Crippen LogP contribution is 2.44. The van der Waals surface area contributed by atoms with Gasteiger partial charge < -0.3 is 10.6 Å². The first-order valence-corrected chi connectivity index (χ1v) is 11.0. The van der Waals surface area contributed by atoms with Crippen molar-refractivity contribution >= 4 is 23.4 Å². The molecule has 0 radical (unpaired) electrons. The average molecular weight is 429 g/mol. The van der Waals surface area contributed by atoms with E-state index in [9.17, 15) is 14.0 Å². The van der Waals surface area contributed by atoms with Crippen molar-refractivity contribution in [2.45, 2.75) is 57.0 Å². The van der Waals surface area contributed by atoms with E-state index in [1.54, 1.807) is 11.0 Å². The van der Waals surface area contributed by atoms with Gasteiger partial charge in [-0.3, -0.25) is 9.59 Å². The first kappa shape index (κ1) is 20.9. The van der Waals surface area contributed by atoms with Gasteiger partial charge in [-0.1, -0.05) is 61.2 Å². The summed E-state index contributed by atoms with van der Waals surface area (Å²) in [6, 6.07) is 10.8. The summed E-state index contributed by atoms with van der Waals surface area (Å²) in [5.41, 5.74) is 7.78. The molecular formula is C24H26ClFN2O2. The van der Waals surface area contributed by atoms with Crippen molar-refractivity contribution in [1.82, 2.24) is 4.90 Å². The molecule has 2 aromatic rings. The molecule has 2 aromatic carbocycles. The number of halogens is 2. The third kappa shape index (κ3) is 3.95. The minimum Gasteiger partial charge on any atom is -0.368 e. The lowest BCUT2D eigenvalue weighted by Gasteiger charge is -2.39. The zero-order chi connectivity index (χ0) is 21.3. The average Bonchev–Trinajstić information content (AvgIpc) is 3.16. The largest absolute Gasteiger partial charge is 0.368 e. The van der Waals surface area contributed by atoms with Crippen molar-refractivity contribution in [1.29, 1.82) is 0 Å². The van der Waals surface area contributed by atoms with Gasteiger partial charge in [0.1, 0.15) is 11.9 Å². The molecule has 0 aliphatic heterocycles. The van der Waals surface area contributed by atoms with E-state index < -0.39 is 18.0 Å². The van der Waals surface area contributed by atoms with Gasteiger partial charge in [-0.15, -0.1) is 0 Å². The van der Waals surface area contributed by atoms with Crippen LogP contribution in [-0.4, -0.2) is 16.7 Å². The Morgan fingerprint density at radius 3 is 2.43 bits per heavy atom. The molecule has 2 aliphatic carbocycles. The molecule has 2 amide bonds. The summed E-state index contributed by atoms with van der Waals surface area (Å²) in [4.78, 5) is 28.1. The van der Waals surface area contributed by atoms with E-state index in [2.05, 4.69) is 0 Å². The minimum atomic E-state index is -0.904. The maximum absolute atomic E-state index is 14.5. The van der Waals surface area contributed by atoms with E-state index in [-0.39, 0.29) is 17.6 Å². The number of fused-ring (bicyclic) bond motifs is 1. The summed E-state index contributed by atoms with van der Waals surface area (Å²) in [7, 11) is 0. The van der Waals surface area contributed by atoms with Crippen LogP contribution in [0.1, 0.15) is 67.3 Å². The molecule has 158 valence electrons. The number of nitrogens with two attached hydrogens (primary N) is 1. The Morgan fingerprint density at radius 2 is 1.77 bits per heavy atom. The molecule has 1 fully saturated rings. The normalized spacial score (nSPS) is 19.9. The summed E-state index contributed by atoms with van der Waals surface area (Å²) in [5.74, 6) is -1.15. The predicted molar refractivity (Wildman–Crippen MR) is 114 cm³/mol. The fourth-order valence-corrected chi connectivity index (χ4v) is 5.24. The summed E-state index contributed by atoms with van der Waals surface area (Å²) in [5, 5.41) is 0.290. The van der Waals surface area contributed by atoms with Crippen LogP contribution in [0.2, 0.25) is 5.02 Å². The van der Waals surface area contributed by atoms with Gasteiger partial charge in [0.15, 0.2) is 0 Å². The molecule has 6 heteroatoms. The fraction of sp³-hybridized carbons (Fsp3) is 0.417. The standard InChI is InChI=1S/C24H26ClFN2O2/c25-17-13-19-18(20(26)14-17)11-12-21(19)28(24(30)16-9-5-2-6-10-16)22(23(27)29)15-7-3-1-4-8-15/h1,3-4,7-8,13-14,16,21-22H,2,5-6,9-12H2,(H2,27,29)/t21-,22?/m1/s1. The molecule has 4 rings (SSSR count). The van der Waals surface area contributed by atoms with E-state index in [0.717, 1.165) is 32.1 Å². The summed E-state index contributed by atoms with van der Waals surface area (Å²) in [6.07, 6.45) is 5.77. The molecule has 2 aliphatic rings. The molecule has 0 aromatic heterocycles. The maximum Gasteiger partial charge on any atom is 0.244 e. The third-order valence-electron chi connectivity index (χ3n) is 6.43. The van der Waals surface area contributed by atoms with E-state index in [4.69, 9.17) is 17.3 Å². The number of benzene rings is 2. The zero-order valence-electron chi connectivity index (χ0n) is 16.8. The molecule has 1 saturated carbocycles. The highest BCUT2D eigenvalue weighted by atomic mass is 35.5. The monoisotopic (exact) mass is 428 g/mol. The second-order valence-electron chi connectivity index (χ2n) is 8.31.